The maximum atomic E-state index is 12.6. The first-order chi connectivity index (χ1) is 8.89. The average Bonchev–Trinajstić information content (AvgIpc) is 2.57. The highest BCUT2D eigenvalue weighted by atomic mass is 16.4. The lowest BCUT2D eigenvalue weighted by Gasteiger charge is -2.42. The minimum atomic E-state index is -1.01. The van der Waals surface area contributed by atoms with Crippen molar-refractivity contribution >= 4 is 17.9 Å². The molecule has 19 heavy (non-hydrogen) atoms. The summed E-state index contributed by atoms with van der Waals surface area (Å²) in [5.74, 6) is -1.09. The van der Waals surface area contributed by atoms with E-state index in [0.29, 0.717) is 0 Å². The van der Waals surface area contributed by atoms with Crippen molar-refractivity contribution in [1.82, 2.24) is 10.2 Å². The average molecular weight is 268 g/mol. The molecule has 0 aromatic heterocycles. The van der Waals surface area contributed by atoms with Crippen molar-refractivity contribution in [3.8, 4) is 0 Å². The van der Waals surface area contributed by atoms with Gasteiger partial charge < -0.3 is 10.4 Å². The molecule has 2 aliphatic rings. The topological polar surface area (TPSA) is 86.7 Å². The molecular weight excluding hydrogens is 248 g/mol. The molecule has 2 rings (SSSR count). The summed E-state index contributed by atoms with van der Waals surface area (Å²) in [7, 11) is 0. The smallest absolute Gasteiger partial charge is 0.325 e. The van der Waals surface area contributed by atoms with Crippen molar-refractivity contribution in [2.24, 2.45) is 11.8 Å². The van der Waals surface area contributed by atoms with Crippen molar-refractivity contribution in [3.63, 3.8) is 0 Å². The summed E-state index contributed by atoms with van der Waals surface area (Å²) in [4.78, 5) is 36.2. The van der Waals surface area contributed by atoms with Gasteiger partial charge in [0.25, 0.3) is 5.91 Å². The number of nitrogens with zero attached hydrogens (tertiary/aromatic N) is 1. The molecule has 0 radical (unpaired) electrons. The van der Waals surface area contributed by atoms with Crippen LogP contribution in [0.15, 0.2) is 0 Å². The van der Waals surface area contributed by atoms with E-state index in [1.54, 1.807) is 0 Å². The Bertz CT molecular complexity index is 411. The lowest BCUT2D eigenvalue weighted by molar-refractivity contribution is -0.139. The van der Waals surface area contributed by atoms with Gasteiger partial charge in [0.15, 0.2) is 0 Å². The van der Waals surface area contributed by atoms with Crippen LogP contribution in [0.2, 0.25) is 0 Å². The Kier molecular flexibility index (Phi) is 3.52. The number of carbonyl (C=O) groups is 3. The Morgan fingerprint density at radius 1 is 1.37 bits per heavy atom. The summed E-state index contributed by atoms with van der Waals surface area (Å²) in [5.41, 5.74) is -0.826. The number of imide groups is 1. The van der Waals surface area contributed by atoms with Crippen LogP contribution < -0.4 is 5.32 Å². The van der Waals surface area contributed by atoms with Crippen LogP contribution in [0.1, 0.15) is 39.5 Å². The van der Waals surface area contributed by atoms with Gasteiger partial charge in [0, 0.05) is 6.54 Å². The van der Waals surface area contributed by atoms with Gasteiger partial charge in [-0.05, 0) is 24.7 Å². The number of amides is 3. The molecule has 6 heteroatoms. The summed E-state index contributed by atoms with van der Waals surface area (Å²) in [6, 6.07) is -0.452. The molecule has 1 saturated heterocycles. The summed E-state index contributed by atoms with van der Waals surface area (Å²) in [6.45, 7) is 3.91. The molecule has 2 unspecified atom stereocenters. The second-order valence-corrected chi connectivity index (χ2v) is 5.63. The first-order valence-electron chi connectivity index (χ1n) is 6.75. The Morgan fingerprint density at radius 3 is 2.47 bits per heavy atom. The number of urea groups is 1. The number of carboxylic acids is 1. The Hall–Kier alpha value is -1.59. The van der Waals surface area contributed by atoms with Crippen LogP contribution >= 0.6 is 0 Å². The molecule has 2 atom stereocenters. The minimum Gasteiger partial charge on any atom is -0.481 e. The molecule has 1 aliphatic carbocycles. The van der Waals surface area contributed by atoms with Crippen molar-refractivity contribution < 1.29 is 19.5 Å². The monoisotopic (exact) mass is 268 g/mol. The molecular formula is C13H20N2O4. The van der Waals surface area contributed by atoms with Crippen LogP contribution in [-0.2, 0) is 9.59 Å². The molecule has 0 aromatic carbocycles. The fourth-order valence-corrected chi connectivity index (χ4v) is 3.36. The van der Waals surface area contributed by atoms with E-state index in [1.165, 1.54) is 0 Å². The predicted octanol–water partition coefficient (Wildman–Crippen LogP) is 1.21. The molecule has 1 aliphatic heterocycles. The van der Waals surface area contributed by atoms with Crippen molar-refractivity contribution in [2.45, 2.75) is 45.1 Å². The zero-order valence-electron chi connectivity index (χ0n) is 11.3. The Morgan fingerprint density at radius 2 is 1.95 bits per heavy atom. The number of hydrogen-bond donors (Lipinski definition) is 2. The van der Waals surface area contributed by atoms with Gasteiger partial charge in [-0.25, -0.2) is 4.79 Å². The predicted molar refractivity (Wildman–Crippen MR) is 67.4 cm³/mol. The van der Waals surface area contributed by atoms with Gasteiger partial charge in [0.2, 0.25) is 0 Å². The van der Waals surface area contributed by atoms with Gasteiger partial charge in [-0.3, -0.25) is 14.5 Å². The standard InChI is InChI=1S/C13H20N2O4/c1-8-4-3-5-9(2)13(8)11(18)15(12(19)14-13)7-6-10(16)17/h8-9H,3-7H2,1-2H3,(H,14,19)(H,16,17). The molecule has 0 aromatic rings. The van der Waals surface area contributed by atoms with Gasteiger partial charge in [0.05, 0.1) is 6.42 Å². The van der Waals surface area contributed by atoms with Crippen LogP contribution in [0, 0.1) is 11.8 Å². The van der Waals surface area contributed by atoms with Crippen LogP contribution in [0.5, 0.6) is 0 Å². The van der Waals surface area contributed by atoms with Gasteiger partial charge in [0.1, 0.15) is 5.54 Å². The third-order valence-electron chi connectivity index (χ3n) is 4.54. The first-order valence-corrected chi connectivity index (χ1v) is 6.75. The maximum absolute atomic E-state index is 12.6. The van der Waals surface area contributed by atoms with E-state index in [4.69, 9.17) is 5.11 Å². The van der Waals surface area contributed by atoms with Crippen LogP contribution in [0.3, 0.4) is 0 Å². The number of carbonyl (C=O) groups excluding carboxylic acids is 2. The van der Waals surface area contributed by atoms with Crippen LogP contribution in [0.4, 0.5) is 4.79 Å². The molecule has 1 saturated carbocycles. The molecule has 0 bridgehead atoms. The van der Waals surface area contributed by atoms with E-state index >= 15 is 0 Å². The van der Waals surface area contributed by atoms with E-state index in [1.807, 2.05) is 13.8 Å². The zero-order chi connectivity index (χ0) is 14.2. The van der Waals surface area contributed by atoms with E-state index in [0.717, 1.165) is 24.2 Å². The highest BCUT2D eigenvalue weighted by Crippen LogP contribution is 2.42. The van der Waals surface area contributed by atoms with Gasteiger partial charge in [-0.2, -0.15) is 0 Å². The third kappa shape index (κ3) is 2.09. The Labute approximate surface area is 112 Å². The summed E-state index contributed by atoms with van der Waals surface area (Å²) in [6.07, 6.45) is 2.66. The third-order valence-corrected chi connectivity index (χ3v) is 4.54. The number of hydrogen-bond acceptors (Lipinski definition) is 3. The van der Waals surface area contributed by atoms with Crippen LogP contribution in [0.25, 0.3) is 0 Å². The summed E-state index contributed by atoms with van der Waals surface area (Å²) < 4.78 is 0. The Balaban J connectivity index is 2.22. The lowest BCUT2D eigenvalue weighted by atomic mass is 9.67. The molecule has 2 N–H and O–H groups in total. The number of rotatable bonds is 3. The molecule has 3 amide bonds. The quantitative estimate of drug-likeness (QED) is 0.753. The van der Waals surface area contributed by atoms with Crippen molar-refractivity contribution in [2.75, 3.05) is 6.54 Å². The van der Waals surface area contributed by atoms with E-state index < -0.39 is 17.5 Å². The van der Waals surface area contributed by atoms with Gasteiger partial charge >= 0.3 is 12.0 Å². The summed E-state index contributed by atoms with van der Waals surface area (Å²) >= 11 is 0. The fraction of sp³-hybridized carbons (Fsp3) is 0.769. The SMILES string of the molecule is CC1CCCC(C)C12NC(=O)N(CCC(=O)O)C2=O. The van der Waals surface area contributed by atoms with Gasteiger partial charge in [-0.15, -0.1) is 0 Å². The van der Waals surface area contributed by atoms with Crippen molar-refractivity contribution in [3.05, 3.63) is 0 Å². The highest BCUT2D eigenvalue weighted by Gasteiger charge is 2.58. The van der Waals surface area contributed by atoms with Gasteiger partial charge in [-0.1, -0.05) is 20.3 Å². The number of nitrogens with one attached hydrogen (secondary N) is 1. The number of aliphatic carboxylic acids is 1. The zero-order valence-corrected chi connectivity index (χ0v) is 11.3. The van der Waals surface area contributed by atoms with E-state index in [2.05, 4.69) is 5.32 Å². The highest BCUT2D eigenvalue weighted by molar-refractivity contribution is 6.07. The van der Waals surface area contributed by atoms with Crippen molar-refractivity contribution in [1.29, 1.82) is 0 Å². The molecule has 106 valence electrons. The normalized spacial score (nSPS) is 34.7. The fourth-order valence-electron chi connectivity index (χ4n) is 3.36. The second kappa shape index (κ2) is 4.83. The van der Waals surface area contributed by atoms with E-state index in [9.17, 15) is 14.4 Å². The number of carboxylic acid groups (broad SMARTS) is 1. The minimum absolute atomic E-state index is 0.0544. The molecule has 1 spiro atoms. The molecule has 2 fully saturated rings. The molecule has 1 heterocycles. The lowest BCUT2D eigenvalue weighted by Crippen LogP contribution is -2.58. The maximum Gasteiger partial charge on any atom is 0.325 e. The first kappa shape index (κ1) is 13.8. The molecule has 6 nitrogen and oxygen atoms in total. The summed E-state index contributed by atoms with van der Waals surface area (Å²) in [5, 5.41) is 11.5. The largest absolute Gasteiger partial charge is 0.481 e. The van der Waals surface area contributed by atoms with Crippen LogP contribution in [-0.4, -0.2) is 40.0 Å². The van der Waals surface area contributed by atoms with E-state index in [-0.39, 0.29) is 30.7 Å². The second-order valence-electron chi connectivity index (χ2n) is 5.63.